The Balaban J connectivity index is 2.11. The normalized spacial score (nSPS) is 19.7. The lowest BCUT2D eigenvalue weighted by Crippen LogP contribution is -2.29. The van der Waals surface area contributed by atoms with Crippen molar-refractivity contribution in [1.82, 2.24) is 9.88 Å². The minimum absolute atomic E-state index is 0.554. The van der Waals surface area contributed by atoms with Gasteiger partial charge in [0.05, 0.1) is 11.6 Å². The smallest absolute Gasteiger partial charge is 0.108 e. The number of nitrogens with zero attached hydrogens (tertiary/aromatic N) is 2. The lowest BCUT2D eigenvalue weighted by Gasteiger charge is -2.28. The molecule has 0 aromatic carbocycles. The van der Waals surface area contributed by atoms with Gasteiger partial charge in [-0.25, -0.2) is 4.98 Å². The molecule has 1 aliphatic heterocycles. The van der Waals surface area contributed by atoms with E-state index in [1.54, 1.807) is 11.3 Å². The van der Waals surface area contributed by atoms with Crippen LogP contribution in [-0.4, -0.2) is 30.0 Å². The van der Waals surface area contributed by atoms with Crippen LogP contribution in [0.3, 0.4) is 0 Å². The largest absolute Gasteiger partial charge is 0.306 e. The highest BCUT2D eigenvalue weighted by Crippen LogP contribution is 2.32. The number of hydrogen-bond acceptors (Lipinski definition) is 3. The first-order valence-electron chi connectivity index (χ1n) is 5.41. The molecular weight excluding hydrogens is 228 g/mol. The molecule has 1 aliphatic rings. The number of aryl methyl sites for hydroxylation is 1. The summed E-state index contributed by atoms with van der Waals surface area (Å²) in [7, 11) is 2.19. The van der Waals surface area contributed by atoms with Gasteiger partial charge in [-0.1, -0.05) is 0 Å². The fraction of sp³-hybridized carbons (Fsp3) is 0.727. The molecule has 0 spiro atoms. The van der Waals surface area contributed by atoms with Gasteiger partial charge in [0.2, 0.25) is 0 Å². The summed E-state index contributed by atoms with van der Waals surface area (Å²) in [5, 5.41) is 1.07. The van der Waals surface area contributed by atoms with Crippen molar-refractivity contribution >= 4 is 22.9 Å². The Morgan fingerprint density at radius 3 is 2.67 bits per heavy atom. The summed E-state index contributed by atoms with van der Waals surface area (Å²) in [4.78, 5) is 8.40. The Morgan fingerprint density at radius 1 is 1.47 bits per heavy atom. The van der Waals surface area contributed by atoms with Crippen LogP contribution in [0.1, 0.15) is 34.3 Å². The molecule has 2 rings (SSSR count). The van der Waals surface area contributed by atoms with Crippen molar-refractivity contribution in [3.63, 3.8) is 0 Å². The van der Waals surface area contributed by atoms with Crippen LogP contribution in [-0.2, 0) is 5.88 Å². The van der Waals surface area contributed by atoms with Crippen LogP contribution in [0.4, 0.5) is 0 Å². The second-order valence-corrected chi connectivity index (χ2v) is 5.82. The Labute approximate surface area is 100 Å². The number of aromatic nitrogens is 1. The van der Waals surface area contributed by atoms with Crippen molar-refractivity contribution in [3.05, 3.63) is 15.6 Å². The van der Waals surface area contributed by atoms with Gasteiger partial charge in [0.15, 0.2) is 0 Å². The predicted molar refractivity (Wildman–Crippen MR) is 65.9 cm³/mol. The molecule has 15 heavy (non-hydrogen) atoms. The van der Waals surface area contributed by atoms with E-state index in [0.29, 0.717) is 11.8 Å². The molecule has 1 aromatic rings. The van der Waals surface area contributed by atoms with Crippen LogP contribution < -0.4 is 0 Å². The SMILES string of the molecule is Cc1sc(CCl)nc1C1CCN(C)CC1. The van der Waals surface area contributed by atoms with Crippen LogP contribution >= 0.6 is 22.9 Å². The van der Waals surface area contributed by atoms with E-state index in [0.717, 1.165) is 5.01 Å². The van der Waals surface area contributed by atoms with E-state index < -0.39 is 0 Å². The molecule has 0 atom stereocenters. The van der Waals surface area contributed by atoms with E-state index in [2.05, 4.69) is 23.9 Å². The molecule has 0 saturated carbocycles. The lowest BCUT2D eigenvalue weighted by molar-refractivity contribution is 0.253. The standard InChI is InChI=1S/C11H17ClN2S/c1-8-11(13-10(7-12)15-8)9-3-5-14(2)6-4-9/h9H,3-7H2,1-2H3. The Hall–Kier alpha value is -0.120. The number of hydrogen-bond donors (Lipinski definition) is 0. The fourth-order valence-corrected chi connectivity index (χ4v) is 3.28. The monoisotopic (exact) mass is 244 g/mol. The molecule has 0 N–H and O–H groups in total. The third kappa shape index (κ3) is 2.52. The fourth-order valence-electron chi connectivity index (χ4n) is 2.18. The van der Waals surface area contributed by atoms with Crippen LogP contribution in [0.5, 0.6) is 0 Å². The zero-order valence-corrected chi connectivity index (χ0v) is 10.9. The average molecular weight is 245 g/mol. The summed E-state index contributed by atoms with van der Waals surface area (Å²) < 4.78 is 0. The molecule has 0 unspecified atom stereocenters. The Kier molecular flexibility index (Phi) is 3.65. The maximum absolute atomic E-state index is 5.81. The zero-order chi connectivity index (χ0) is 10.8. The second-order valence-electron chi connectivity index (χ2n) is 4.26. The van der Waals surface area contributed by atoms with Gasteiger partial charge in [0, 0.05) is 10.8 Å². The number of piperidine rings is 1. The van der Waals surface area contributed by atoms with Gasteiger partial charge < -0.3 is 4.90 Å². The van der Waals surface area contributed by atoms with Gasteiger partial charge in [0.25, 0.3) is 0 Å². The highest BCUT2D eigenvalue weighted by atomic mass is 35.5. The summed E-state index contributed by atoms with van der Waals surface area (Å²) in [6, 6.07) is 0. The zero-order valence-electron chi connectivity index (χ0n) is 9.29. The molecule has 0 radical (unpaired) electrons. The van der Waals surface area contributed by atoms with Crippen molar-refractivity contribution in [2.75, 3.05) is 20.1 Å². The van der Waals surface area contributed by atoms with Gasteiger partial charge in [-0.05, 0) is 39.9 Å². The predicted octanol–water partition coefficient (Wildman–Crippen LogP) is 3.00. The Morgan fingerprint density at radius 2 is 2.13 bits per heavy atom. The van der Waals surface area contributed by atoms with Crippen LogP contribution in [0, 0.1) is 6.92 Å². The summed E-state index contributed by atoms with van der Waals surface area (Å²) in [5.74, 6) is 1.22. The molecule has 4 heteroatoms. The quantitative estimate of drug-likeness (QED) is 0.744. The maximum Gasteiger partial charge on any atom is 0.108 e. The van der Waals surface area contributed by atoms with Crippen LogP contribution in [0.2, 0.25) is 0 Å². The minimum Gasteiger partial charge on any atom is -0.306 e. The molecular formula is C11H17ClN2S. The minimum atomic E-state index is 0.554. The molecule has 0 aliphatic carbocycles. The van der Waals surface area contributed by atoms with E-state index in [-0.39, 0.29) is 0 Å². The van der Waals surface area contributed by atoms with Gasteiger partial charge in [0.1, 0.15) is 5.01 Å². The molecule has 1 fully saturated rings. The molecule has 2 nitrogen and oxygen atoms in total. The van der Waals surface area contributed by atoms with Gasteiger partial charge in [-0.15, -0.1) is 22.9 Å². The number of halogens is 1. The average Bonchev–Trinajstić information content (AvgIpc) is 2.61. The van der Waals surface area contributed by atoms with E-state index in [4.69, 9.17) is 11.6 Å². The topological polar surface area (TPSA) is 16.1 Å². The van der Waals surface area contributed by atoms with Crippen molar-refractivity contribution in [3.8, 4) is 0 Å². The first-order chi connectivity index (χ1) is 7.20. The van der Waals surface area contributed by atoms with E-state index in [1.165, 1.54) is 36.5 Å². The highest BCUT2D eigenvalue weighted by Gasteiger charge is 2.22. The molecule has 0 amide bonds. The van der Waals surface area contributed by atoms with Gasteiger partial charge >= 0.3 is 0 Å². The first-order valence-corrected chi connectivity index (χ1v) is 6.76. The summed E-state index contributed by atoms with van der Waals surface area (Å²) in [6.07, 6.45) is 2.48. The maximum atomic E-state index is 5.81. The van der Waals surface area contributed by atoms with Gasteiger partial charge in [-0.2, -0.15) is 0 Å². The van der Waals surface area contributed by atoms with E-state index in [9.17, 15) is 0 Å². The van der Waals surface area contributed by atoms with E-state index >= 15 is 0 Å². The molecule has 1 saturated heterocycles. The van der Waals surface area contributed by atoms with Gasteiger partial charge in [-0.3, -0.25) is 0 Å². The number of thiazole rings is 1. The van der Waals surface area contributed by atoms with Crippen LogP contribution in [0.15, 0.2) is 0 Å². The van der Waals surface area contributed by atoms with Crippen molar-refractivity contribution in [2.24, 2.45) is 0 Å². The van der Waals surface area contributed by atoms with Crippen molar-refractivity contribution in [1.29, 1.82) is 0 Å². The van der Waals surface area contributed by atoms with E-state index in [1.807, 2.05) is 0 Å². The molecule has 2 heterocycles. The summed E-state index contributed by atoms with van der Waals surface area (Å²) >= 11 is 7.57. The molecule has 0 bridgehead atoms. The highest BCUT2D eigenvalue weighted by molar-refractivity contribution is 7.11. The first kappa shape index (κ1) is 11.4. The summed E-state index contributed by atoms with van der Waals surface area (Å²) in [6.45, 7) is 4.55. The second kappa shape index (κ2) is 4.81. The van der Waals surface area contributed by atoms with Crippen molar-refractivity contribution in [2.45, 2.75) is 31.6 Å². The molecule has 84 valence electrons. The van der Waals surface area contributed by atoms with Crippen molar-refractivity contribution < 1.29 is 0 Å². The number of rotatable bonds is 2. The molecule has 1 aromatic heterocycles. The lowest BCUT2D eigenvalue weighted by atomic mass is 9.93. The number of alkyl halides is 1. The third-order valence-corrected chi connectivity index (χ3v) is 4.49. The number of likely N-dealkylation sites (tertiary alicyclic amines) is 1. The third-order valence-electron chi connectivity index (χ3n) is 3.10. The Bertz CT molecular complexity index is 329. The van der Waals surface area contributed by atoms with Crippen LogP contribution in [0.25, 0.3) is 0 Å². The summed E-state index contributed by atoms with van der Waals surface area (Å²) in [5.41, 5.74) is 1.31.